The Morgan fingerprint density at radius 2 is 1.90 bits per heavy atom. The molecule has 0 amide bonds. The van der Waals surface area contributed by atoms with Gasteiger partial charge in [-0.05, 0) is 36.4 Å². The number of para-hydroxylation sites is 1. The Hall–Kier alpha value is -4.07. The molecule has 0 radical (unpaired) electrons. The van der Waals surface area contributed by atoms with Crippen LogP contribution in [0.5, 0.6) is 5.75 Å². The summed E-state index contributed by atoms with van der Waals surface area (Å²) in [4.78, 5) is 33.8. The number of methoxy groups -OCH3 is 1. The predicted octanol–water partition coefficient (Wildman–Crippen LogP) is 2.85. The first-order valence-corrected chi connectivity index (χ1v) is 8.77. The van der Waals surface area contributed by atoms with Crippen molar-refractivity contribution in [3.8, 4) is 28.6 Å². The van der Waals surface area contributed by atoms with Crippen LogP contribution in [0.15, 0.2) is 76.4 Å². The van der Waals surface area contributed by atoms with Gasteiger partial charge in [-0.15, -0.1) is 0 Å². The van der Waals surface area contributed by atoms with Crippen molar-refractivity contribution in [2.24, 2.45) is 0 Å². The van der Waals surface area contributed by atoms with Gasteiger partial charge in [-0.3, -0.25) is 14.6 Å². The average Bonchev–Trinajstić information content (AvgIpc) is 3.26. The maximum Gasteiger partial charge on any atom is 0.263 e. The van der Waals surface area contributed by atoms with E-state index in [0.29, 0.717) is 17.1 Å². The minimum Gasteiger partial charge on any atom is -0.496 e. The molecule has 29 heavy (non-hydrogen) atoms. The molecule has 4 rings (SSSR count). The van der Waals surface area contributed by atoms with Crippen molar-refractivity contribution in [3.05, 3.63) is 83.0 Å². The fourth-order valence-corrected chi connectivity index (χ4v) is 2.89. The first kappa shape index (κ1) is 18.3. The van der Waals surface area contributed by atoms with Crippen molar-refractivity contribution in [1.82, 2.24) is 19.7 Å². The largest absolute Gasteiger partial charge is 0.496 e. The average molecular weight is 388 g/mol. The Labute approximate surface area is 165 Å². The number of hydrogen-bond donors (Lipinski definition) is 0. The van der Waals surface area contributed by atoms with Crippen molar-refractivity contribution in [2.75, 3.05) is 7.11 Å². The van der Waals surface area contributed by atoms with Gasteiger partial charge in [-0.1, -0.05) is 17.3 Å². The van der Waals surface area contributed by atoms with E-state index in [9.17, 15) is 9.59 Å². The monoisotopic (exact) mass is 388 g/mol. The van der Waals surface area contributed by atoms with Gasteiger partial charge in [0.1, 0.15) is 11.3 Å². The number of carbonyl (C=O) groups excluding carboxylic acids is 1. The van der Waals surface area contributed by atoms with E-state index in [2.05, 4.69) is 15.1 Å². The molecule has 0 spiro atoms. The Morgan fingerprint density at radius 3 is 2.69 bits per heavy atom. The number of hydrogen-bond acceptors (Lipinski definition) is 7. The number of aromatic nitrogens is 4. The van der Waals surface area contributed by atoms with E-state index in [4.69, 9.17) is 9.26 Å². The summed E-state index contributed by atoms with van der Waals surface area (Å²) in [6.07, 6.45) is 4.77. The smallest absolute Gasteiger partial charge is 0.263 e. The summed E-state index contributed by atoms with van der Waals surface area (Å²) in [7, 11) is 1.49. The van der Waals surface area contributed by atoms with Gasteiger partial charge in [-0.2, -0.15) is 4.98 Å². The summed E-state index contributed by atoms with van der Waals surface area (Å²) in [6.45, 7) is -0.140. The van der Waals surface area contributed by atoms with Crippen LogP contribution < -0.4 is 10.3 Å². The quantitative estimate of drug-likeness (QED) is 0.468. The lowest BCUT2D eigenvalue weighted by molar-refractivity contribution is 0.0968. The highest BCUT2D eigenvalue weighted by molar-refractivity contribution is 5.98. The molecule has 0 bridgehead atoms. The van der Waals surface area contributed by atoms with Crippen LogP contribution in [-0.2, 0) is 6.54 Å². The summed E-state index contributed by atoms with van der Waals surface area (Å²) in [5.41, 5.74) is 0.941. The second-order valence-corrected chi connectivity index (χ2v) is 6.14. The van der Waals surface area contributed by atoms with Crippen LogP contribution >= 0.6 is 0 Å². The minimum absolute atomic E-state index is 0.0842. The van der Waals surface area contributed by atoms with E-state index in [1.807, 2.05) is 0 Å². The number of ketones is 1. The van der Waals surface area contributed by atoms with Crippen molar-refractivity contribution in [3.63, 3.8) is 0 Å². The van der Waals surface area contributed by atoms with Crippen molar-refractivity contribution >= 4 is 5.78 Å². The first-order valence-electron chi connectivity index (χ1n) is 8.77. The molecule has 1 aromatic carbocycles. The first-order chi connectivity index (χ1) is 14.2. The molecule has 0 fully saturated rings. The van der Waals surface area contributed by atoms with Gasteiger partial charge in [0.2, 0.25) is 5.82 Å². The number of carbonyl (C=O) groups is 1. The molecular formula is C21H16N4O4. The second-order valence-electron chi connectivity index (χ2n) is 6.14. The van der Waals surface area contributed by atoms with Gasteiger partial charge in [0.15, 0.2) is 5.78 Å². The molecule has 0 aliphatic carbocycles. The van der Waals surface area contributed by atoms with Gasteiger partial charge in [0, 0.05) is 24.2 Å². The zero-order valence-electron chi connectivity index (χ0n) is 15.5. The molecule has 0 N–H and O–H groups in total. The Bertz CT molecular complexity index is 1210. The summed E-state index contributed by atoms with van der Waals surface area (Å²) >= 11 is 0. The van der Waals surface area contributed by atoms with E-state index < -0.39 is 5.56 Å². The Morgan fingerprint density at radius 1 is 1.10 bits per heavy atom. The van der Waals surface area contributed by atoms with Crippen LogP contribution in [0, 0.1) is 0 Å². The zero-order valence-corrected chi connectivity index (χ0v) is 15.5. The third kappa shape index (κ3) is 3.68. The van der Waals surface area contributed by atoms with Gasteiger partial charge >= 0.3 is 0 Å². The number of ether oxygens (including phenoxy) is 1. The Kier molecular flexibility index (Phi) is 4.98. The summed E-state index contributed by atoms with van der Waals surface area (Å²) in [5.74, 6) is 0.647. The van der Waals surface area contributed by atoms with E-state index in [-0.39, 0.29) is 23.8 Å². The normalized spacial score (nSPS) is 10.7. The highest BCUT2D eigenvalue weighted by Crippen LogP contribution is 2.20. The fraction of sp³-hybridized carbons (Fsp3) is 0.0952. The van der Waals surface area contributed by atoms with Gasteiger partial charge in [-0.25, -0.2) is 0 Å². The molecule has 0 saturated heterocycles. The van der Waals surface area contributed by atoms with Crippen LogP contribution in [0.3, 0.4) is 0 Å². The van der Waals surface area contributed by atoms with Gasteiger partial charge < -0.3 is 13.8 Å². The van der Waals surface area contributed by atoms with E-state index in [1.54, 1.807) is 67.1 Å². The zero-order chi connectivity index (χ0) is 20.2. The second kappa shape index (κ2) is 7.89. The molecule has 3 heterocycles. The van der Waals surface area contributed by atoms with Crippen LogP contribution in [-0.4, -0.2) is 32.6 Å². The lowest BCUT2D eigenvalue weighted by Crippen LogP contribution is -2.25. The third-order valence-corrected chi connectivity index (χ3v) is 4.34. The topological polar surface area (TPSA) is 100 Å². The number of benzene rings is 1. The predicted molar refractivity (Wildman–Crippen MR) is 105 cm³/mol. The van der Waals surface area contributed by atoms with Crippen LogP contribution in [0.25, 0.3) is 22.8 Å². The van der Waals surface area contributed by atoms with E-state index >= 15 is 0 Å². The maximum absolute atomic E-state index is 12.9. The number of rotatable bonds is 6. The summed E-state index contributed by atoms with van der Waals surface area (Å²) < 4.78 is 11.8. The molecule has 4 aromatic rings. The summed E-state index contributed by atoms with van der Waals surface area (Å²) in [6, 6.07) is 13.6. The standard InChI is InChI=1S/C21H16N4O4/c1-28-18-7-3-2-5-15(18)17(26)13-25-12-4-6-16(21(25)27)20-23-19(24-29-20)14-8-10-22-11-9-14/h2-12H,13H2,1H3. The molecule has 0 atom stereocenters. The molecule has 0 unspecified atom stereocenters. The fourth-order valence-electron chi connectivity index (χ4n) is 2.89. The molecule has 8 nitrogen and oxygen atoms in total. The van der Waals surface area contributed by atoms with Crippen molar-refractivity contribution in [2.45, 2.75) is 6.54 Å². The van der Waals surface area contributed by atoms with Crippen molar-refractivity contribution in [1.29, 1.82) is 0 Å². The Balaban J connectivity index is 1.64. The number of pyridine rings is 2. The molecule has 3 aromatic heterocycles. The minimum atomic E-state index is -0.402. The molecule has 8 heteroatoms. The molecule has 0 saturated carbocycles. The molecule has 0 aliphatic rings. The van der Waals surface area contributed by atoms with Crippen LogP contribution in [0.2, 0.25) is 0 Å². The van der Waals surface area contributed by atoms with Gasteiger partial charge in [0.25, 0.3) is 11.4 Å². The number of Topliss-reactive ketones (excluding diaryl/α,β-unsaturated/α-hetero) is 1. The van der Waals surface area contributed by atoms with Crippen LogP contribution in [0.4, 0.5) is 0 Å². The maximum atomic E-state index is 12.9. The molecule has 144 valence electrons. The lowest BCUT2D eigenvalue weighted by Gasteiger charge is -2.09. The highest BCUT2D eigenvalue weighted by atomic mass is 16.5. The van der Waals surface area contributed by atoms with Crippen molar-refractivity contribution < 1.29 is 14.1 Å². The summed E-state index contributed by atoms with van der Waals surface area (Å²) in [5, 5.41) is 3.92. The third-order valence-electron chi connectivity index (χ3n) is 4.34. The van der Waals surface area contributed by atoms with E-state index in [1.165, 1.54) is 11.7 Å². The SMILES string of the molecule is COc1ccccc1C(=O)Cn1cccc(-c2nc(-c3ccncc3)no2)c1=O. The highest BCUT2D eigenvalue weighted by Gasteiger charge is 2.17. The van der Waals surface area contributed by atoms with E-state index in [0.717, 1.165) is 5.56 Å². The lowest BCUT2D eigenvalue weighted by atomic mass is 10.1. The number of nitrogens with zero attached hydrogens (tertiary/aromatic N) is 4. The molecular weight excluding hydrogens is 372 g/mol. The van der Waals surface area contributed by atoms with Gasteiger partial charge in [0.05, 0.1) is 19.2 Å². The molecule has 0 aliphatic heterocycles. The van der Waals surface area contributed by atoms with Crippen LogP contribution in [0.1, 0.15) is 10.4 Å².